The van der Waals surface area contributed by atoms with Gasteiger partial charge < -0.3 is 10.1 Å². The third-order valence-electron chi connectivity index (χ3n) is 2.05. The Kier molecular flexibility index (Phi) is 2.51. The summed E-state index contributed by atoms with van der Waals surface area (Å²) in [6.07, 6.45) is 2.07. The molecule has 0 saturated carbocycles. The van der Waals surface area contributed by atoms with Gasteiger partial charge >= 0.3 is 0 Å². The average molecular weight is 243 g/mol. The first-order valence-electron chi connectivity index (χ1n) is 4.25. The molecule has 0 aromatic carbocycles. The minimum absolute atomic E-state index is 0.299. The van der Waals surface area contributed by atoms with Crippen molar-refractivity contribution in [2.24, 2.45) is 0 Å². The summed E-state index contributed by atoms with van der Waals surface area (Å²) in [6.45, 7) is 3.88. The lowest BCUT2D eigenvalue weighted by atomic mass is 10.2. The Morgan fingerprint density at radius 1 is 1.62 bits per heavy atom. The van der Waals surface area contributed by atoms with Crippen LogP contribution in [-0.2, 0) is 0 Å². The van der Waals surface area contributed by atoms with Crippen molar-refractivity contribution in [3.8, 4) is 5.88 Å². The molecule has 4 heteroatoms. The van der Waals surface area contributed by atoms with Gasteiger partial charge in [0.05, 0.1) is 0 Å². The lowest BCUT2D eigenvalue weighted by Gasteiger charge is -2.27. The van der Waals surface area contributed by atoms with E-state index in [-0.39, 0.29) is 0 Å². The van der Waals surface area contributed by atoms with E-state index in [4.69, 9.17) is 4.74 Å². The number of hydrogen-bond acceptors (Lipinski definition) is 3. The van der Waals surface area contributed by atoms with Crippen molar-refractivity contribution in [2.45, 2.75) is 13.0 Å². The molecule has 0 aliphatic carbocycles. The van der Waals surface area contributed by atoms with Crippen molar-refractivity contribution in [1.82, 2.24) is 10.3 Å². The molecule has 1 aliphatic rings. The molecule has 0 spiro atoms. The Labute approximate surface area is 85.6 Å². The van der Waals surface area contributed by atoms with E-state index >= 15 is 0 Å². The summed E-state index contributed by atoms with van der Waals surface area (Å²) in [5.41, 5.74) is 1.15. The molecule has 3 nitrogen and oxygen atoms in total. The fourth-order valence-electron chi connectivity index (χ4n) is 1.09. The molecule has 1 aliphatic heterocycles. The zero-order valence-corrected chi connectivity index (χ0v) is 8.97. The Bertz CT molecular complexity index is 312. The highest BCUT2D eigenvalue weighted by Crippen LogP contribution is 2.19. The van der Waals surface area contributed by atoms with E-state index in [1.807, 2.05) is 13.0 Å². The molecule has 0 bridgehead atoms. The van der Waals surface area contributed by atoms with Crippen LogP contribution in [0.15, 0.2) is 16.7 Å². The lowest BCUT2D eigenvalue weighted by Crippen LogP contribution is -2.50. The number of pyridine rings is 1. The van der Waals surface area contributed by atoms with Crippen LogP contribution in [0.5, 0.6) is 5.88 Å². The average Bonchev–Trinajstić information content (AvgIpc) is 2.04. The summed E-state index contributed by atoms with van der Waals surface area (Å²) in [6, 6.07) is 1.95. The fourth-order valence-corrected chi connectivity index (χ4v) is 1.31. The molecule has 1 aromatic rings. The summed E-state index contributed by atoms with van der Waals surface area (Å²) in [5.74, 6) is 0.715. The van der Waals surface area contributed by atoms with Crippen molar-refractivity contribution in [1.29, 1.82) is 0 Å². The number of aromatic nitrogens is 1. The van der Waals surface area contributed by atoms with E-state index in [9.17, 15) is 0 Å². The predicted octanol–water partition coefficient (Wildman–Crippen LogP) is 1.50. The molecule has 1 fully saturated rings. The van der Waals surface area contributed by atoms with Crippen LogP contribution in [0.1, 0.15) is 5.56 Å². The van der Waals surface area contributed by atoms with E-state index in [1.165, 1.54) is 0 Å². The summed E-state index contributed by atoms with van der Waals surface area (Å²) in [7, 11) is 0. The quantitative estimate of drug-likeness (QED) is 0.854. The van der Waals surface area contributed by atoms with Gasteiger partial charge in [-0.25, -0.2) is 4.98 Å². The van der Waals surface area contributed by atoms with E-state index in [0.29, 0.717) is 12.0 Å². The maximum absolute atomic E-state index is 5.59. The van der Waals surface area contributed by atoms with Crippen LogP contribution in [0.2, 0.25) is 0 Å². The minimum atomic E-state index is 0.299. The molecular weight excluding hydrogens is 232 g/mol. The van der Waals surface area contributed by atoms with Gasteiger partial charge in [-0.1, -0.05) is 0 Å². The van der Waals surface area contributed by atoms with E-state index in [2.05, 4.69) is 26.2 Å². The molecule has 2 rings (SSSR count). The van der Waals surface area contributed by atoms with Gasteiger partial charge in [-0.05, 0) is 28.4 Å². The molecule has 1 N–H and O–H groups in total. The van der Waals surface area contributed by atoms with Gasteiger partial charge in [-0.3, -0.25) is 0 Å². The van der Waals surface area contributed by atoms with Crippen molar-refractivity contribution < 1.29 is 4.74 Å². The number of ether oxygens (including phenoxy) is 1. The molecule has 0 atom stereocenters. The SMILES string of the molecule is Cc1cc(OC2CNC2)ncc1Br. The number of hydrogen-bond donors (Lipinski definition) is 1. The first-order valence-corrected chi connectivity index (χ1v) is 5.04. The molecule has 0 unspecified atom stereocenters. The molecule has 13 heavy (non-hydrogen) atoms. The third-order valence-corrected chi connectivity index (χ3v) is 2.88. The van der Waals surface area contributed by atoms with Crippen LogP contribution in [0.25, 0.3) is 0 Å². The van der Waals surface area contributed by atoms with Crippen LogP contribution in [0, 0.1) is 6.92 Å². The second-order valence-electron chi connectivity index (χ2n) is 3.17. The van der Waals surface area contributed by atoms with Crippen molar-refractivity contribution in [2.75, 3.05) is 13.1 Å². The number of halogens is 1. The molecule has 0 amide bonds. The van der Waals surface area contributed by atoms with E-state index < -0.39 is 0 Å². The molecule has 70 valence electrons. The highest BCUT2D eigenvalue weighted by molar-refractivity contribution is 9.10. The van der Waals surface area contributed by atoms with Crippen molar-refractivity contribution in [3.63, 3.8) is 0 Å². The van der Waals surface area contributed by atoms with Crippen LogP contribution in [-0.4, -0.2) is 24.2 Å². The largest absolute Gasteiger partial charge is 0.472 e. The standard InChI is InChI=1S/C9H11BrN2O/c1-6-2-9(12-5-8(6)10)13-7-3-11-4-7/h2,5,7,11H,3-4H2,1H3. The summed E-state index contributed by atoms with van der Waals surface area (Å²) in [4.78, 5) is 4.16. The second kappa shape index (κ2) is 3.64. The van der Waals surface area contributed by atoms with Crippen LogP contribution in [0.4, 0.5) is 0 Å². The van der Waals surface area contributed by atoms with Crippen LogP contribution < -0.4 is 10.1 Å². The number of rotatable bonds is 2. The summed E-state index contributed by atoms with van der Waals surface area (Å²) in [5, 5.41) is 3.15. The molecule has 0 radical (unpaired) electrons. The van der Waals surface area contributed by atoms with Gasteiger partial charge in [0.15, 0.2) is 0 Å². The van der Waals surface area contributed by atoms with Gasteiger partial charge in [0, 0.05) is 29.8 Å². The highest BCUT2D eigenvalue weighted by atomic mass is 79.9. The third kappa shape index (κ3) is 2.00. The first-order chi connectivity index (χ1) is 6.25. The molecular formula is C9H11BrN2O. The van der Waals surface area contributed by atoms with Gasteiger partial charge in [0.25, 0.3) is 0 Å². The smallest absolute Gasteiger partial charge is 0.213 e. The monoisotopic (exact) mass is 242 g/mol. The normalized spacial score (nSPS) is 16.8. The topological polar surface area (TPSA) is 34.1 Å². The predicted molar refractivity (Wildman–Crippen MR) is 54.0 cm³/mol. The van der Waals surface area contributed by atoms with Gasteiger partial charge in [0.2, 0.25) is 5.88 Å². The van der Waals surface area contributed by atoms with Gasteiger partial charge in [0.1, 0.15) is 6.10 Å². The zero-order valence-electron chi connectivity index (χ0n) is 7.38. The molecule has 2 heterocycles. The lowest BCUT2D eigenvalue weighted by molar-refractivity contribution is 0.136. The Morgan fingerprint density at radius 2 is 2.38 bits per heavy atom. The molecule has 1 saturated heterocycles. The summed E-state index contributed by atoms with van der Waals surface area (Å²) < 4.78 is 6.61. The fraction of sp³-hybridized carbons (Fsp3) is 0.444. The van der Waals surface area contributed by atoms with E-state index in [1.54, 1.807) is 6.20 Å². The van der Waals surface area contributed by atoms with Crippen LogP contribution in [0.3, 0.4) is 0 Å². The number of nitrogens with zero attached hydrogens (tertiary/aromatic N) is 1. The summed E-state index contributed by atoms with van der Waals surface area (Å²) >= 11 is 3.40. The zero-order chi connectivity index (χ0) is 9.26. The number of nitrogens with one attached hydrogen (secondary N) is 1. The van der Waals surface area contributed by atoms with Crippen molar-refractivity contribution >= 4 is 15.9 Å². The molecule has 1 aromatic heterocycles. The number of aryl methyl sites for hydroxylation is 1. The second-order valence-corrected chi connectivity index (χ2v) is 4.02. The maximum atomic E-state index is 5.59. The Morgan fingerprint density at radius 3 is 2.92 bits per heavy atom. The first kappa shape index (κ1) is 8.97. The van der Waals surface area contributed by atoms with E-state index in [0.717, 1.165) is 23.1 Å². The highest BCUT2D eigenvalue weighted by Gasteiger charge is 2.18. The minimum Gasteiger partial charge on any atom is -0.472 e. The van der Waals surface area contributed by atoms with Gasteiger partial charge in [-0.2, -0.15) is 0 Å². The Hall–Kier alpha value is -0.610. The Balaban J connectivity index is 2.07. The maximum Gasteiger partial charge on any atom is 0.213 e. The van der Waals surface area contributed by atoms with Crippen molar-refractivity contribution in [3.05, 3.63) is 22.3 Å². The van der Waals surface area contributed by atoms with Gasteiger partial charge in [-0.15, -0.1) is 0 Å². The van der Waals surface area contributed by atoms with Crippen LogP contribution >= 0.6 is 15.9 Å².